The average Bonchev–Trinajstić information content (AvgIpc) is 1.89. The third-order valence-corrected chi connectivity index (χ3v) is 1.24. The second-order valence-corrected chi connectivity index (χ2v) is 2.21. The smallest absolute Gasteiger partial charge is 0.0721 e. The van der Waals surface area contributed by atoms with E-state index < -0.39 is 0 Å². The molecular formula is C7H11BrO. The van der Waals surface area contributed by atoms with Crippen LogP contribution < -0.4 is 0 Å². The summed E-state index contributed by atoms with van der Waals surface area (Å²) < 4.78 is 0. The summed E-state index contributed by atoms with van der Waals surface area (Å²) in [6.45, 7) is 1.94. The van der Waals surface area contributed by atoms with Crippen molar-refractivity contribution in [3.05, 3.63) is 23.2 Å². The van der Waals surface area contributed by atoms with Crippen LogP contribution in [0.25, 0.3) is 0 Å². The molecule has 0 amide bonds. The molecule has 0 aliphatic heterocycles. The minimum atomic E-state index is -0.298. The van der Waals surface area contributed by atoms with E-state index in [0.717, 1.165) is 6.42 Å². The maximum absolute atomic E-state index is 8.95. The number of allylic oxidation sites excluding steroid dienone is 2. The zero-order valence-corrected chi connectivity index (χ0v) is 7.01. The first kappa shape index (κ1) is 8.92. The molecule has 0 heterocycles. The number of hydrogen-bond donors (Lipinski definition) is 1. The molecule has 0 aromatic carbocycles. The van der Waals surface area contributed by atoms with Crippen LogP contribution in [0.3, 0.4) is 0 Å². The summed E-state index contributed by atoms with van der Waals surface area (Å²) in [4.78, 5) is 1.74. The molecule has 0 saturated heterocycles. The zero-order chi connectivity index (χ0) is 7.11. The second kappa shape index (κ2) is 6.05. The Morgan fingerprint density at radius 1 is 1.56 bits per heavy atom. The van der Waals surface area contributed by atoms with E-state index in [2.05, 4.69) is 15.9 Å². The molecule has 0 aliphatic rings. The van der Waals surface area contributed by atoms with E-state index in [1.165, 1.54) is 0 Å². The maximum atomic E-state index is 8.95. The van der Waals surface area contributed by atoms with Crippen molar-refractivity contribution in [3.8, 4) is 0 Å². The van der Waals surface area contributed by atoms with Crippen LogP contribution in [0.1, 0.15) is 13.3 Å². The van der Waals surface area contributed by atoms with E-state index in [4.69, 9.17) is 5.11 Å². The second-order valence-electron chi connectivity index (χ2n) is 1.68. The van der Waals surface area contributed by atoms with Crippen LogP contribution in [-0.4, -0.2) is 11.2 Å². The summed E-state index contributed by atoms with van der Waals surface area (Å²) in [7, 11) is 0. The molecule has 2 heteroatoms. The first-order valence-corrected chi connectivity index (χ1v) is 3.84. The topological polar surface area (TPSA) is 20.2 Å². The van der Waals surface area contributed by atoms with E-state index in [9.17, 15) is 0 Å². The summed E-state index contributed by atoms with van der Waals surface area (Å²) in [5, 5.41) is 8.95. The highest BCUT2D eigenvalue weighted by Gasteiger charge is 1.88. The standard InChI is InChI=1S/C7H11BrO/c1-2-7(9)5-3-4-6-8/h3-7,9H,2H2,1H3/b5-3+,6-4+. The van der Waals surface area contributed by atoms with Crippen molar-refractivity contribution in [1.82, 2.24) is 0 Å². The van der Waals surface area contributed by atoms with Crippen molar-refractivity contribution >= 4 is 15.9 Å². The summed E-state index contributed by atoms with van der Waals surface area (Å²) in [6, 6.07) is 0. The molecule has 1 nitrogen and oxygen atoms in total. The third-order valence-electron chi connectivity index (χ3n) is 0.935. The van der Waals surface area contributed by atoms with Crippen LogP contribution in [0.15, 0.2) is 23.2 Å². The molecule has 52 valence electrons. The van der Waals surface area contributed by atoms with Crippen molar-refractivity contribution in [2.24, 2.45) is 0 Å². The lowest BCUT2D eigenvalue weighted by atomic mass is 10.2. The predicted octanol–water partition coefficient (Wildman–Crippen LogP) is 2.22. The largest absolute Gasteiger partial charge is 0.389 e. The fraction of sp³-hybridized carbons (Fsp3) is 0.429. The van der Waals surface area contributed by atoms with Crippen molar-refractivity contribution in [2.75, 3.05) is 0 Å². The van der Waals surface area contributed by atoms with Crippen LogP contribution >= 0.6 is 15.9 Å². The van der Waals surface area contributed by atoms with Gasteiger partial charge in [0, 0.05) is 0 Å². The fourth-order valence-corrected chi connectivity index (χ4v) is 0.547. The highest BCUT2D eigenvalue weighted by atomic mass is 79.9. The van der Waals surface area contributed by atoms with Gasteiger partial charge in [0.05, 0.1) is 6.10 Å². The Bertz CT molecular complexity index is 107. The summed E-state index contributed by atoms with van der Waals surface area (Å²) in [6.07, 6.45) is 5.85. The quantitative estimate of drug-likeness (QED) is 0.678. The van der Waals surface area contributed by atoms with Gasteiger partial charge in [-0.15, -0.1) is 0 Å². The lowest BCUT2D eigenvalue weighted by Gasteiger charge is -1.95. The highest BCUT2D eigenvalue weighted by molar-refractivity contribution is 9.11. The highest BCUT2D eigenvalue weighted by Crippen LogP contribution is 1.92. The molecule has 0 rings (SSSR count). The molecule has 1 N–H and O–H groups in total. The molecule has 0 saturated carbocycles. The van der Waals surface area contributed by atoms with Crippen LogP contribution in [0.2, 0.25) is 0 Å². The van der Waals surface area contributed by atoms with Gasteiger partial charge in [-0.1, -0.05) is 41.1 Å². The first-order valence-electron chi connectivity index (χ1n) is 2.93. The molecule has 0 aromatic rings. The summed E-state index contributed by atoms with van der Waals surface area (Å²) in [5.41, 5.74) is 0. The number of aliphatic hydroxyl groups excluding tert-OH is 1. The van der Waals surface area contributed by atoms with E-state index in [0.29, 0.717) is 0 Å². The van der Waals surface area contributed by atoms with Gasteiger partial charge in [-0.25, -0.2) is 0 Å². The van der Waals surface area contributed by atoms with Gasteiger partial charge in [0.2, 0.25) is 0 Å². The molecule has 1 unspecified atom stereocenters. The Labute approximate surface area is 64.2 Å². The van der Waals surface area contributed by atoms with Crippen LogP contribution in [0, 0.1) is 0 Å². The summed E-state index contributed by atoms with van der Waals surface area (Å²) in [5.74, 6) is 0. The molecule has 0 spiro atoms. The predicted molar refractivity (Wildman–Crippen MR) is 43.5 cm³/mol. The lowest BCUT2D eigenvalue weighted by molar-refractivity contribution is 0.219. The SMILES string of the molecule is CCC(O)/C=C/C=C/Br. The number of aliphatic hydroxyl groups is 1. The van der Waals surface area contributed by atoms with Crippen LogP contribution in [0.5, 0.6) is 0 Å². The Hall–Kier alpha value is -0.0800. The van der Waals surface area contributed by atoms with Crippen LogP contribution in [0.4, 0.5) is 0 Å². The minimum absolute atomic E-state index is 0.298. The molecule has 1 atom stereocenters. The Morgan fingerprint density at radius 3 is 2.67 bits per heavy atom. The van der Waals surface area contributed by atoms with Gasteiger partial charge in [0.25, 0.3) is 0 Å². The summed E-state index contributed by atoms with van der Waals surface area (Å²) >= 11 is 3.11. The van der Waals surface area contributed by atoms with E-state index >= 15 is 0 Å². The molecule has 0 bridgehead atoms. The van der Waals surface area contributed by atoms with Gasteiger partial charge in [-0.2, -0.15) is 0 Å². The molecule has 9 heavy (non-hydrogen) atoms. The minimum Gasteiger partial charge on any atom is -0.389 e. The van der Waals surface area contributed by atoms with Gasteiger partial charge in [-0.05, 0) is 11.4 Å². The van der Waals surface area contributed by atoms with Crippen molar-refractivity contribution in [1.29, 1.82) is 0 Å². The van der Waals surface area contributed by atoms with Crippen molar-refractivity contribution in [2.45, 2.75) is 19.4 Å². The number of halogens is 1. The van der Waals surface area contributed by atoms with E-state index in [-0.39, 0.29) is 6.10 Å². The monoisotopic (exact) mass is 190 g/mol. The molecular weight excluding hydrogens is 180 g/mol. The Morgan fingerprint density at radius 2 is 2.22 bits per heavy atom. The molecule has 0 aliphatic carbocycles. The number of rotatable bonds is 3. The third kappa shape index (κ3) is 5.80. The van der Waals surface area contributed by atoms with E-state index in [1.54, 1.807) is 11.1 Å². The molecule has 0 radical (unpaired) electrons. The molecule has 0 aromatic heterocycles. The van der Waals surface area contributed by atoms with Crippen molar-refractivity contribution in [3.63, 3.8) is 0 Å². The zero-order valence-electron chi connectivity index (χ0n) is 5.42. The maximum Gasteiger partial charge on any atom is 0.0721 e. The van der Waals surface area contributed by atoms with Gasteiger partial charge >= 0.3 is 0 Å². The van der Waals surface area contributed by atoms with Gasteiger partial charge < -0.3 is 5.11 Å². The van der Waals surface area contributed by atoms with Crippen molar-refractivity contribution < 1.29 is 5.11 Å². The average molecular weight is 191 g/mol. The molecule has 0 fully saturated rings. The first-order chi connectivity index (χ1) is 4.31. The number of hydrogen-bond acceptors (Lipinski definition) is 1. The fourth-order valence-electron chi connectivity index (χ4n) is 0.370. The van der Waals surface area contributed by atoms with Gasteiger partial charge in [0.1, 0.15) is 0 Å². The Balaban J connectivity index is 3.43. The van der Waals surface area contributed by atoms with E-state index in [1.807, 2.05) is 19.1 Å². The van der Waals surface area contributed by atoms with Gasteiger partial charge in [-0.3, -0.25) is 0 Å². The Kier molecular flexibility index (Phi) is 5.99. The van der Waals surface area contributed by atoms with Gasteiger partial charge in [0.15, 0.2) is 0 Å². The normalized spacial score (nSPS) is 15.4. The lowest BCUT2D eigenvalue weighted by Crippen LogP contribution is -1.97. The van der Waals surface area contributed by atoms with Crippen LogP contribution in [-0.2, 0) is 0 Å².